The third-order valence-electron chi connectivity index (χ3n) is 4.01. The van der Waals surface area contributed by atoms with Crippen LogP contribution < -0.4 is 25.6 Å². The summed E-state index contributed by atoms with van der Waals surface area (Å²) in [6, 6.07) is 16.8. The molecule has 7 nitrogen and oxygen atoms in total. The number of rotatable bonds is 6. The average Bonchev–Trinajstić information content (AvgIpc) is 2.77. The molecule has 0 radical (unpaired) electrons. The second-order valence-electron chi connectivity index (χ2n) is 6.30. The van der Waals surface area contributed by atoms with Crippen LogP contribution in [0.4, 0.5) is 0 Å². The number of amides is 2. The highest BCUT2D eigenvalue weighted by Gasteiger charge is 2.11. The Balaban J connectivity index is 1.40. The Hall–Kier alpha value is -2.21. The van der Waals surface area contributed by atoms with Gasteiger partial charge in [-0.3, -0.25) is 25.8 Å². The third kappa shape index (κ3) is 6.89. The monoisotopic (exact) mass is 643 g/mol. The zero-order valence-corrected chi connectivity index (χ0v) is 21.9. The van der Waals surface area contributed by atoms with E-state index in [1.54, 1.807) is 24.3 Å². The van der Waals surface area contributed by atoms with Crippen molar-refractivity contribution in [3.8, 4) is 11.5 Å². The van der Waals surface area contributed by atoms with E-state index in [9.17, 15) is 9.59 Å². The Bertz CT molecular complexity index is 1180. The van der Waals surface area contributed by atoms with Crippen LogP contribution in [0.15, 0.2) is 68.0 Å². The lowest BCUT2D eigenvalue weighted by Gasteiger charge is -2.13. The van der Waals surface area contributed by atoms with E-state index in [1.165, 1.54) is 0 Å². The molecule has 166 valence electrons. The Morgan fingerprint density at radius 2 is 1.53 bits per heavy atom. The summed E-state index contributed by atoms with van der Waals surface area (Å²) in [6.07, 6.45) is 0. The third-order valence-corrected chi connectivity index (χ3v) is 6.14. The number of halogens is 3. The Labute approximate surface area is 214 Å². The van der Waals surface area contributed by atoms with E-state index in [1.807, 2.05) is 30.3 Å². The number of hydrazine groups is 1. The van der Waals surface area contributed by atoms with Crippen molar-refractivity contribution < 1.29 is 19.1 Å². The molecule has 32 heavy (non-hydrogen) atoms. The zero-order chi connectivity index (χ0) is 23.1. The first-order valence-electron chi connectivity index (χ1n) is 9.10. The molecule has 0 aliphatic rings. The molecule has 0 heterocycles. The molecule has 0 aliphatic heterocycles. The van der Waals surface area contributed by atoms with E-state index in [4.69, 9.17) is 21.7 Å². The number of benzene rings is 3. The highest BCUT2D eigenvalue weighted by Crippen LogP contribution is 2.33. The molecule has 11 heteroatoms. The molecule has 0 atom stereocenters. The van der Waals surface area contributed by atoms with Gasteiger partial charge >= 0.3 is 0 Å². The number of hydrogen-bond acceptors (Lipinski definition) is 5. The van der Waals surface area contributed by atoms with Crippen molar-refractivity contribution in [1.29, 1.82) is 0 Å². The lowest BCUT2D eigenvalue weighted by atomic mass is 10.1. The highest BCUT2D eigenvalue weighted by molar-refractivity contribution is 9.11. The number of hydrogen-bond donors (Lipinski definition) is 3. The molecule has 0 fully saturated rings. The van der Waals surface area contributed by atoms with Crippen molar-refractivity contribution >= 4 is 87.7 Å². The van der Waals surface area contributed by atoms with Gasteiger partial charge in [0.25, 0.3) is 11.8 Å². The van der Waals surface area contributed by atoms with E-state index >= 15 is 0 Å². The van der Waals surface area contributed by atoms with Gasteiger partial charge in [0.1, 0.15) is 11.5 Å². The summed E-state index contributed by atoms with van der Waals surface area (Å²) >= 11 is 15.2. The predicted molar refractivity (Wildman–Crippen MR) is 136 cm³/mol. The van der Waals surface area contributed by atoms with Crippen molar-refractivity contribution in [2.75, 3.05) is 13.2 Å². The number of fused-ring (bicyclic) bond motifs is 1. The van der Waals surface area contributed by atoms with Crippen LogP contribution in [0.3, 0.4) is 0 Å². The fraction of sp³-hybridized carbons (Fsp3) is 0.0952. The molecular weight excluding hydrogens is 630 g/mol. The van der Waals surface area contributed by atoms with Crippen LogP contribution in [0, 0.1) is 0 Å². The quantitative estimate of drug-likeness (QED) is 0.268. The summed E-state index contributed by atoms with van der Waals surface area (Å²) < 4.78 is 13.3. The predicted octanol–water partition coefficient (Wildman–Crippen LogP) is 4.61. The largest absolute Gasteiger partial charge is 0.483 e. The van der Waals surface area contributed by atoms with Crippen molar-refractivity contribution in [2.24, 2.45) is 0 Å². The summed E-state index contributed by atoms with van der Waals surface area (Å²) in [5.41, 5.74) is 4.79. The minimum Gasteiger partial charge on any atom is -0.483 e. The molecule has 3 N–H and O–H groups in total. The Morgan fingerprint density at radius 1 is 0.844 bits per heavy atom. The van der Waals surface area contributed by atoms with Gasteiger partial charge in [-0.05, 0) is 79.1 Å². The average molecular weight is 646 g/mol. The van der Waals surface area contributed by atoms with E-state index in [2.05, 4.69) is 64.0 Å². The first kappa shape index (κ1) is 24.4. The van der Waals surface area contributed by atoms with Crippen LogP contribution in [0.1, 0.15) is 0 Å². The normalized spacial score (nSPS) is 10.3. The minimum absolute atomic E-state index is 0.0747. The van der Waals surface area contributed by atoms with Crippen LogP contribution in [0.5, 0.6) is 11.5 Å². The molecule has 0 saturated carbocycles. The number of nitrogens with one attached hydrogen (secondary N) is 3. The van der Waals surface area contributed by atoms with Gasteiger partial charge in [0.15, 0.2) is 18.3 Å². The maximum atomic E-state index is 12.1. The molecular formula is C21H16Br3N3O4S. The van der Waals surface area contributed by atoms with Gasteiger partial charge < -0.3 is 9.47 Å². The second-order valence-corrected chi connectivity index (χ2v) is 9.27. The molecule has 0 spiro atoms. The van der Waals surface area contributed by atoms with E-state index in [0.29, 0.717) is 16.0 Å². The first-order valence-corrected chi connectivity index (χ1v) is 11.9. The Kier molecular flexibility index (Phi) is 8.85. The highest BCUT2D eigenvalue weighted by atomic mass is 79.9. The lowest BCUT2D eigenvalue weighted by Crippen LogP contribution is -2.50. The smallest absolute Gasteiger partial charge is 0.276 e. The van der Waals surface area contributed by atoms with Crippen LogP contribution in [-0.4, -0.2) is 30.1 Å². The first-order chi connectivity index (χ1) is 15.3. The number of carbonyl (C=O) groups excluding carboxylic acids is 2. The zero-order valence-electron chi connectivity index (χ0n) is 16.3. The number of carbonyl (C=O) groups is 2. The minimum atomic E-state index is -0.480. The topological polar surface area (TPSA) is 88.7 Å². The van der Waals surface area contributed by atoms with Crippen molar-refractivity contribution in [2.45, 2.75) is 0 Å². The van der Waals surface area contributed by atoms with Gasteiger partial charge in [0, 0.05) is 4.47 Å². The second kappa shape index (κ2) is 11.6. The summed E-state index contributed by atoms with van der Waals surface area (Å²) in [4.78, 5) is 24.0. The molecule has 0 bridgehead atoms. The van der Waals surface area contributed by atoms with E-state index in [0.717, 1.165) is 19.7 Å². The van der Waals surface area contributed by atoms with Gasteiger partial charge in [-0.1, -0.05) is 46.3 Å². The van der Waals surface area contributed by atoms with Crippen molar-refractivity contribution in [3.05, 3.63) is 68.0 Å². The summed E-state index contributed by atoms with van der Waals surface area (Å²) in [5.74, 6) is 0.0816. The molecule has 0 aliphatic carbocycles. The molecule has 3 aromatic carbocycles. The van der Waals surface area contributed by atoms with Gasteiger partial charge in [-0.2, -0.15) is 0 Å². The van der Waals surface area contributed by atoms with Crippen LogP contribution >= 0.6 is 60.0 Å². The molecule has 3 aromatic rings. The van der Waals surface area contributed by atoms with Gasteiger partial charge in [-0.15, -0.1) is 0 Å². The SMILES string of the molecule is O=C(COc1ccc(Br)cc1Br)NNC(=S)NC(=O)COc1ccc2ccccc2c1Br. The molecule has 0 unspecified atom stereocenters. The van der Waals surface area contributed by atoms with Crippen LogP contribution in [0.2, 0.25) is 0 Å². The fourth-order valence-corrected chi connectivity index (χ4v) is 4.49. The maximum Gasteiger partial charge on any atom is 0.276 e. The molecule has 0 saturated heterocycles. The summed E-state index contributed by atoms with van der Waals surface area (Å²) in [5, 5.41) is 4.37. The standard InChI is InChI=1S/C21H16Br3N3O4S/c22-13-6-8-16(15(23)9-13)30-11-19(29)26-27-21(32)25-18(28)10-31-17-7-5-12-3-1-2-4-14(12)20(17)24/h1-9H,10-11H2,(H,26,29)(H2,25,27,28,32). The maximum absolute atomic E-state index is 12.1. The molecule has 2 amide bonds. The van der Waals surface area contributed by atoms with Gasteiger partial charge in [-0.25, -0.2) is 0 Å². The van der Waals surface area contributed by atoms with Crippen molar-refractivity contribution in [3.63, 3.8) is 0 Å². The fourth-order valence-electron chi connectivity index (χ4n) is 2.56. The number of thiocarbonyl (C=S) groups is 1. The van der Waals surface area contributed by atoms with E-state index in [-0.39, 0.29) is 18.3 Å². The molecule has 0 aromatic heterocycles. The summed E-state index contributed by atoms with van der Waals surface area (Å²) in [6.45, 7) is -0.504. The van der Waals surface area contributed by atoms with Crippen LogP contribution in [-0.2, 0) is 9.59 Å². The Morgan fingerprint density at radius 3 is 2.31 bits per heavy atom. The van der Waals surface area contributed by atoms with Crippen LogP contribution in [0.25, 0.3) is 10.8 Å². The lowest BCUT2D eigenvalue weighted by molar-refractivity contribution is -0.124. The van der Waals surface area contributed by atoms with Gasteiger partial charge in [0.2, 0.25) is 0 Å². The summed E-state index contributed by atoms with van der Waals surface area (Å²) in [7, 11) is 0. The van der Waals surface area contributed by atoms with E-state index < -0.39 is 11.8 Å². The number of ether oxygens (including phenoxy) is 2. The van der Waals surface area contributed by atoms with Gasteiger partial charge in [0.05, 0.1) is 8.95 Å². The van der Waals surface area contributed by atoms with Crippen molar-refractivity contribution in [1.82, 2.24) is 16.2 Å². The molecule has 3 rings (SSSR count).